The number of hydrogen-bond donors (Lipinski definition) is 2. The lowest BCUT2D eigenvalue weighted by atomic mass is 10.0. The van der Waals surface area contributed by atoms with E-state index in [4.69, 9.17) is 28.6 Å². The quantitative estimate of drug-likeness (QED) is 0.467. The summed E-state index contributed by atoms with van der Waals surface area (Å²) in [6.07, 6.45) is 1.76. The van der Waals surface area contributed by atoms with Crippen LogP contribution in [0.4, 0.5) is 4.39 Å². The maximum atomic E-state index is 13.4. The van der Waals surface area contributed by atoms with Crippen LogP contribution in [0.5, 0.6) is 5.75 Å². The molecular weight excluding hydrogens is 391 g/mol. The Labute approximate surface area is 165 Å². The Bertz CT molecular complexity index is 969. The Hall–Kier alpha value is -2.77. The smallest absolute Gasteiger partial charge is 0.263 e. The van der Waals surface area contributed by atoms with Crippen molar-refractivity contribution in [2.75, 3.05) is 7.11 Å². The number of ether oxygens (including phenoxy) is 1. The number of thiocarbonyl (C=S) groups is 1. The molecule has 138 valence electrons. The summed E-state index contributed by atoms with van der Waals surface area (Å²) in [5.41, 5.74) is 1.82. The summed E-state index contributed by atoms with van der Waals surface area (Å²) < 4.78 is 18.8. The van der Waals surface area contributed by atoms with Crippen LogP contribution in [0, 0.1) is 5.82 Å². The first kappa shape index (κ1) is 19.0. The number of benzene rings is 2. The van der Waals surface area contributed by atoms with Gasteiger partial charge < -0.3 is 4.74 Å². The van der Waals surface area contributed by atoms with Crippen molar-refractivity contribution in [3.63, 3.8) is 0 Å². The average Bonchev–Trinajstić information content (AvgIpc) is 2.60. The van der Waals surface area contributed by atoms with Gasteiger partial charge in [0.05, 0.1) is 7.11 Å². The van der Waals surface area contributed by atoms with Gasteiger partial charge in [-0.3, -0.25) is 20.2 Å². The van der Waals surface area contributed by atoms with Crippen molar-refractivity contribution in [2.24, 2.45) is 0 Å². The average molecular weight is 405 g/mol. The zero-order valence-corrected chi connectivity index (χ0v) is 15.7. The molecule has 3 rings (SSSR count). The van der Waals surface area contributed by atoms with Gasteiger partial charge in [0, 0.05) is 17.0 Å². The van der Waals surface area contributed by atoms with Crippen LogP contribution in [0.2, 0.25) is 5.02 Å². The molecule has 1 heterocycles. The van der Waals surface area contributed by atoms with E-state index in [-0.39, 0.29) is 16.5 Å². The highest BCUT2D eigenvalue weighted by molar-refractivity contribution is 7.80. The SMILES string of the molecule is COc1cc(C=C2C(=O)NC(=S)NC2=O)cc(Cl)c1Cc1cccc(F)c1. The second kappa shape index (κ2) is 7.85. The number of nitrogens with one attached hydrogen (secondary N) is 2. The summed E-state index contributed by atoms with van der Waals surface area (Å²) >= 11 is 11.2. The van der Waals surface area contributed by atoms with E-state index in [1.165, 1.54) is 25.3 Å². The first-order valence-electron chi connectivity index (χ1n) is 7.86. The predicted octanol–water partition coefficient (Wildman–Crippen LogP) is 2.99. The molecule has 1 fully saturated rings. The zero-order valence-electron chi connectivity index (χ0n) is 14.1. The Morgan fingerprint density at radius 3 is 2.52 bits per heavy atom. The van der Waals surface area contributed by atoms with Crippen molar-refractivity contribution in [1.29, 1.82) is 0 Å². The molecule has 1 aliphatic heterocycles. The highest BCUT2D eigenvalue weighted by atomic mass is 35.5. The van der Waals surface area contributed by atoms with E-state index in [0.717, 1.165) is 5.56 Å². The molecule has 2 aromatic carbocycles. The van der Waals surface area contributed by atoms with Crippen molar-refractivity contribution in [3.05, 3.63) is 69.5 Å². The molecule has 2 N–H and O–H groups in total. The molecule has 2 amide bonds. The Kier molecular flexibility index (Phi) is 5.53. The van der Waals surface area contributed by atoms with E-state index in [1.807, 2.05) is 0 Å². The zero-order chi connectivity index (χ0) is 19.6. The molecule has 0 atom stereocenters. The number of carbonyl (C=O) groups excluding carboxylic acids is 2. The molecule has 1 saturated heterocycles. The third kappa shape index (κ3) is 4.32. The fourth-order valence-electron chi connectivity index (χ4n) is 2.69. The molecule has 1 aliphatic rings. The molecule has 0 saturated carbocycles. The predicted molar refractivity (Wildman–Crippen MR) is 104 cm³/mol. The third-order valence-corrected chi connectivity index (χ3v) is 4.46. The van der Waals surface area contributed by atoms with Gasteiger partial charge in [-0.2, -0.15) is 0 Å². The van der Waals surface area contributed by atoms with Gasteiger partial charge in [-0.25, -0.2) is 4.39 Å². The molecule has 0 bridgehead atoms. The second-order valence-electron chi connectivity index (χ2n) is 5.79. The van der Waals surface area contributed by atoms with Crippen LogP contribution in [0.25, 0.3) is 6.08 Å². The summed E-state index contributed by atoms with van der Waals surface area (Å²) in [7, 11) is 1.48. The van der Waals surface area contributed by atoms with E-state index >= 15 is 0 Å². The molecule has 0 aromatic heterocycles. The summed E-state index contributed by atoms with van der Waals surface area (Å²) in [6.45, 7) is 0. The number of amides is 2. The normalized spacial score (nSPS) is 13.9. The minimum atomic E-state index is -0.595. The van der Waals surface area contributed by atoms with E-state index in [1.54, 1.807) is 24.3 Å². The molecule has 2 aromatic rings. The van der Waals surface area contributed by atoms with Crippen LogP contribution < -0.4 is 15.4 Å². The fourth-order valence-corrected chi connectivity index (χ4v) is 3.16. The topological polar surface area (TPSA) is 67.4 Å². The number of halogens is 2. The van der Waals surface area contributed by atoms with Crippen molar-refractivity contribution in [1.82, 2.24) is 10.6 Å². The fraction of sp³-hybridized carbons (Fsp3) is 0.105. The van der Waals surface area contributed by atoms with Crippen LogP contribution in [0.15, 0.2) is 42.0 Å². The van der Waals surface area contributed by atoms with Gasteiger partial charge in [0.15, 0.2) is 5.11 Å². The largest absolute Gasteiger partial charge is 0.496 e. The van der Waals surface area contributed by atoms with Crippen LogP contribution in [0.1, 0.15) is 16.7 Å². The number of carbonyl (C=O) groups is 2. The lowest BCUT2D eigenvalue weighted by Crippen LogP contribution is -2.51. The third-order valence-electron chi connectivity index (χ3n) is 3.92. The molecule has 0 unspecified atom stereocenters. The van der Waals surface area contributed by atoms with E-state index in [0.29, 0.717) is 28.3 Å². The Morgan fingerprint density at radius 1 is 1.19 bits per heavy atom. The maximum Gasteiger partial charge on any atom is 0.263 e. The minimum absolute atomic E-state index is 0.0387. The lowest BCUT2D eigenvalue weighted by molar-refractivity contribution is -0.123. The minimum Gasteiger partial charge on any atom is -0.496 e. The lowest BCUT2D eigenvalue weighted by Gasteiger charge is -2.17. The molecule has 8 heteroatoms. The monoisotopic (exact) mass is 404 g/mol. The van der Waals surface area contributed by atoms with Crippen molar-refractivity contribution >= 4 is 46.8 Å². The summed E-state index contributed by atoms with van der Waals surface area (Å²) in [5.74, 6) is -1.06. The van der Waals surface area contributed by atoms with E-state index < -0.39 is 11.8 Å². The van der Waals surface area contributed by atoms with Gasteiger partial charge in [0.25, 0.3) is 11.8 Å². The summed E-state index contributed by atoms with van der Waals surface area (Å²) in [4.78, 5) is 23.9. The maximum absolute atomic E-state index is 13.4. The Balaban J connectivity index is 1.97. The summed E-state index contributed by atoms with van der Waals surface area (Å²) in [6, 6.07) is 9.46. The highest BCUT2D eigenvalue weighted by Crippen LogP contribution is 2.32. The molecule has 0 aliphatic carbocycles. The van der Waals surface area contributed by atoms with Crippen LogP contribution >= 0.6 is 23.8 Å². The first-order chi connectivity index (χ1) is 12.9. The molecule has 27 heavy (non-hydrogen) atoms. The van der Waals surface area contributed by atoms with Gasteiger partial charge in [0.1, 0.15) is 17.1 Å². The van der Waals surface area contributed by atoms with Crippen LogP contribution in [0.3, 0.4) is 0 Å². The Morgan fingerprint density at radius 2 is 1.89 bits per heavy atom. The molecule has 0 spiro atoms. The number of hydrogen-bond acceptors (Lipinski definition) is 4. The molecule has 5 nitrogen and oxygen atoms in total. The number of methoxy groups -OCH3 is 1. The van der Waals surface area contributed by atoms with Crippen LogP contribution in [-0.4, -0.2) is 24.0 Å². The van der Waals surface area contributed by atoms with Crippen molar-refractivity contribution in [3.8, 4) is 5.75 Å². The van der Waals surface area contributed by atoms with Gasteiger partial charge >= 0.3 is 0 Å². The van der Waals surface area contributed by atoms with Gasteiger partial charge in [-0.1, -0.05) is 23.7 Å². The van der Waals surface area contributed by atoms with Crippen LogP contribution in [-0.2, 0) is 16.0 Å². The molecule has 0 radical (unpaired) electrons. The highest BCUT2D eigenvalue weighted by Gasteiger charge is 2.26. The van der Waals surface area contributed by atoms with E-state index in [2.05, 4.69) is 10.6 Å². The first-order valence-corrected chi connectivity index (χ1v) is 8.65. The van der Waals surface area contributed by atoms with Crippen molar-refractivity contribution in [2.45, 2.75) is 6.42 Å². The van der Waals surface area contributed by atoms with Gasteiger partial charge in [0.2, 0.25) is 0 Å². The van der Waals surface area contributed by atoms with Gasteiger partial charge in [-0.15, -0.1) is 0 Å². The standard InChI is InChI=1S/C19H14ClFN2O3S/c1-26-16-9-11(7-14-17(24)22-19(27)23-18(14)25)8-15(20)13(16)6-10-3-2-4-12(21)5-10/h2-5,7-9H,6H2,1H3,(H2,22,23,24,25,27). The van der Waals surface area contributed by atoms with Gasteiger partial charge in [-0.05, 0) is 53.7 Å². The summed E-state index contributed by atoms with van der Waals surface area (Å²) in [5, 5.41) is 5.06. The number of rotatable bonds is 4. The van der Waals surface area contributed by atoms with Crippen molar-refractivity contribution < 1.29 is 18.7 Å². The van der Waals surface area contributed by atoms with E-state index in [9.17, 15) is 14.0 Å². The molecular formula is C19H14ClFN2O3S. The second-order valence-corrected chi connectivity index (χ2v) is 6.60.